The zero-order valence-corrected chi connectivity index (χ0v) is 16.4. The lowest BCUT2D eigenvalue weighted by atomic mass is 9.75. The summed E-state index contributed by atoms with van der Waals surface area (Å²) in [5.74, 6) is 0.762. The minimum atomic E-state index is -3.19. The highest BCUT2D eigenvalue weighted by molar-refractivity contribution is 7.90. The van der Waals surface area contributed by atoms with Gasteiger partial charge in [-0.25, -0.2) is 12.7 Å². The van der Waals surface area contributed by atoms with E-state index >= 15 is 0 Å². The number of nitrogens with zero attached hydrogens (tertiary/aromatic N) is 1. The molecule has 0 aromatic carbocycles. The average Bonchev–Trinajstić information content (AvgIpc) is 2.39. The van der Waals surface area contributed by atoms with E-state index in [0.29, 0.717) is 18.5 Å². The highest BCUT2D eigenvalue weighted by atomic mass is 32.2. The number of rotatable bonds is 1. The van der Waals surface area contributed by atoms with E-state index < -0.39 is 14.8 Å². The minimum absolute atomic E-state index is 0.366. The van der Waals surface area contributed by atoms with Gasteiger partial charge in [-0.2, -0.15) is 0 Å². The molecule has 0 spiro atoms. The standard InChI is InChI=1S/C18H37NO2S/c1-17(2,3)16-12-8-7-10-14-19(15-11-9-13-16)22(20,21)18(4,5)6/h16H,7-15H2,1-6H3. The first kappa shape index (κ1) is 20.0. The summed E-state index contributed by atoms with van der Waals surface area (Å²) in [4.78, 5) is 0. The second-order valence-corrected chi connectivity index (χ2v) is 11.6. The Morgan fingerprint density at radius 1 is 0.773 bits per heavy atom. The van der Waals surface area contributed by atoms with Crippen LogP contribution < -0.4 is 0 Å². The molecule has 1 aliphatic rings. The Labute approximate surface area is 138 Å². The molecule has 22 heavy (non-hydrogen) atoms. The Morgan fingerprint density at radius 3 is 1.68 bits per heavy atom. The normalized spacial score (nSPS) is 24.7. The molecule has 0 saturated carbocycles. The van der Waals surface area contributed by atoms with Gasteiger partial charge in [0.15, 0.2) is 0 Å². The number of hydrogen-bond donors (Lipinski definition) is 0. The van der Waals surface area contributed by atoms with Gasteiger partial charge in [0.1, 0.15) is 0 Å². The van der Waals surface area contributed by atoms with E-state index in [1.165, 1.54) is 19.3 Å². The molecule has 0 aliphatic carbocycles. The first-order valence-electron chi connectivity index (χ1n) is 8.96. The molecule has 3 nitrogen and oxygen atoms in total. The molecule has 1 atom stereocenters. The molecule has 0 aromatic rings. The molecule has 1 heterocycles. The second-order valence-electron chi connectivity index (χ2n) is 8.92. The lowest BCUT2D eigenvalue weighted by Gasteiger charge is -2.31. The molecule has 1 unspecified atom stereocenters. The summed E-state index contributed by atoms with van der Waals surface area (Å²) >= 11 is 0. The SMILES string of the molecule is CC(C)(C)C1CCCCCN(S(=O)(=O)C(C)(C)C)CCCC1. The van der Waals surface area contributed by atoms with E-state index in [-0.39, 0.29) is 0 Å². The molecule has 1 fully saturated rings. The Morgan fingerprint density at radius 2 is 1.23 bits per heavy atom. The van der Waals surface area contributed by atoms with Crippen LogP contribution in [-0.2, 0) is 10.0 Å². The third-order valence-corrected chi connectivity index (χ3v) is 7.60. The Bertz CT molecular complexity index is 429. The van der Waals surface area contributed by atoms with Gasteiger partial charge in [-0.15, -0.1) is 0 Å². The van der Waals surface area contributed by atoms with Gasteiger partial charge in [0, 0.05) is 13.1 Å². The Balaban J connectivity index is 2.75. The zero-order valence-electron chi connectivity index (χ0n) is 15.6. The monoisotopic (exact) mass is 331 g/mol. The van der Waals surface area contributed by atoms with Crippen LogP contribution in [0, 0.1) is 11.3 Å². The molecular weight excluding hydrogens is 294 g/mol. The van der Waals surface area contributed by atoms with Crippen molar-refractivity contribution >= 4 is 10.0 Å². The van der Waals surface area contributed by atoms with Crippen molar-refractivity contribution in [3.05, 3.63) is 0 Å². The summed E-state index contributed by atoms with van der Waals surface area (Å²) in [6.45, 7) is 13.8. The van der Waals surface area contributed by atoms with Gasteiger partial charge in [0.25, 0.3) is 0 Å². The van der Waals surface area contributed by atoms with Gasteiger partial charge in [-0.1, -0.05) is 40.0 Å². The van der Waals surface area contributed by atoms with Gasteiger partial charge in [-0.3, -0.25) is 0 Å². The summed E-state index contributed by atoms with van der Waals surface area (Å²) < 4.78 is 26.5. The Kier molecular flexibility index (Phi) is 6.94. The average molecular weight is 332 g/mol. The predicted octanol–water partition coefficient (Wildman–Crippen LogP) is 4.82. The van der Waals surface area contributed by atoms with Crippen LogP contribution in [0.15, 0.2) is 0 Å². The number of hydrogen-bond acceptors (Lipinski definition) is 2. The first-order valence-corrected chi connectivity index (χ1v) is 10.4. The molecule has 0 bridgehead atoms. The van der Waals surface area contributed by atoms with Crippen LogP contribution in [-0.4, -0.2) is 30.6 Å². The maximum atomic E-state index is 12.7. The van der Waals surface area contributed by atoms with Crippen molar-refractivity contribution in [1.29, 1.82) is 0 Å². The smallest absolute Gasteiger partial charge is 0.212 e. The van der Waals surface area contributed by atoms with Gasteiger partial charge in [0.2, 0.25) is 10.0 Å². The van der Waals surface area contributed by atoms with Gasteiger partial charge in [-0.05, 0) is 57.8 Å². The lowest BCUT2D eigenvalue weighted by Crippen LogP contribution is -2.43. The van der Waals surface area contributed by atoms with Crippen LogP contribution in [0.3, 0.4) is 0 Å². The largest absolute Gasteiger partial charge is 0.219 e. The van der Waals surface area contributed by atoms with Crippen LogP contribution in [0.25, 0.3) is 0 Å². The van der Waals surface area contributed by atoms with Crippen molar-refractivity contribution in [2.24, 2.45) is 11.3 Å². The molecule has 1 rings (SSSR count). The maximum Gasteiger partial charge on any atom is 0.219 e. The summed E-state index contributed by atoms with van der Waals surface area (Å²) in [5, 5.41) is 0. The minimum Gasteiger partial charge on any atom is -0.212 e. The molecule has 0 aromatic heterocycles. The van der Waals surface area contributed by atoms with E-state index in [9.17, 15) is 8.42 Å². The van der Waals surface area contributed by atoms with Crippen molar-refractivity contribution in [3.63, 3.8) is 0 Å². The first-order chi connectivity index (χ1) is 9.96. The molecule has 132 valence electrons. The van der Waals surface area contributed by atoms with Crippen molar-refractivity contribution in [3.8, 4) is 0 Å². The van der Waals surface area contributed by atoms with Crippen LogP contribution in [0.4, 0.5) is 0 Å². The molecule has 1 saturated heterocycles. The van der Waals surface area contributed by atoms with Gasteiger partial charge >= 0.3 is 0 Å². The van der Waals surface area contributed by atoms with Crippen molar-refractivity contribution in [1.82, 2.24) is 4.31 Å². The van der Waals surface area contributed by atoms with Crippen LogP contribution in [0.2, 0.25) is 0 Å². The topological polar surface area (TPSA) is 37.4 Å². The van der Waals surface area contributed by atoms with E-state index in [4.69, 9.17) is 0 Å². The fourth-order valence-corrected chi connectivity index (χ4v) is 4.80. The summed E-state index contributed by atoms with van der Waals surface area (Å²) in [6, 6.07) is 0. The quantitative estimate of drug-likeness (QED) is 0.690. The van der Waals surface area contributed by atoms with E-state index in [1.54, 1.807) is 4.31 Å². The van der Waals surface area contributed by atoms with Crippen LogP contribution in [0.5, 0.6) is 0 Å². The highest BCUT2D eigenvalue weighted by Crippen LogP contribution is 2.35. The van der Waals surface area contributed by atoms with Gasteiger partial charge in [0.05, 0.1) is 4.75 Å². The fraction of sp³-hybridized carbons (Fsp3) is 1.00. The van der Waals surface area contributed by atoms with Crippen molar-refractivity contribution in [2.75, 3.05) is 13.1 Å². The molecule has 0 radical (unpaired) electrons. The third-order valence-electron chi connectivity index (χ3n) is 5.01. The zero-order chi connectivity index (χ0) is 17.0. The lowest BCUT2D eigenvalue weighted by molar-refractivity contribution is 0.202. The third kappa shape index (κ3) is 5.52. The summed E-state index contributed by atoms with van der Waals surface area (Å²) in [6.07, 6.45) is 8.00. The molecule has 0 amide bonds. The van der Waals surface area contributed by atoms with Crippen LogP contribution >= 0.6 is 0 Å². The van der Waals surface area contributed by atoms with E-state index in [1.807, 2.05) is 20.8 Å². The highest BCUT2D eigenvalue weighted by Gasteiger charge is 2.35. The number of sulfonamides is 1. The van der Waals surface area contributed by atoms with E-state index in [0.717, 1.165) is 31.6 Å². The van der Waals surface area contributed by atoms with Gasteiger partial charge < -0.3 is 0 Å². The summed E-state index contributed by atoms with van der Waals surface area (Å²) in [5.41, 5.74) is 0.366. The molecule has 1 aliphatic heterocycles. The summed E-state index contributed by atoms with van der Waals surface area (Å²) in [7, 11) is -3.19. The van der Waals surface area contributed by atoms with Crippen LogP contribution in [0.1, 0.15) is 86.5 Å². The van der Waals surface area contributed by atoms with Crippen molar-refractivity contribution < 1.29 is 8.42 Å². The van der Waals surface area contributed by atoms with E-state index in [2.05, 4.69) is 20.8 Å². The molecular formula is C18H37NO2S. The molecule has 0 N–H and O–H groups in total. The molecule has 4 heteroatoms. The predicted molar refractivity (Wildman–Crippen MR) is 95.5 cm³/mol. The Hall–Kier alpha value is -0.0900. The maximum absolute atomic E-state index is 12.7. The fourth-order valence-electron chi connectivity index (χ4n) is 3.28. The van der Waals surface area contributed by atoms with Crippen molar-refractivity contribution in [2.45, 2.75) is 91.2 Å². The second kappa shape index (κ2) is 7.65.